The first-order chi connectivity index (χ1) is 12.4. The van der Waals surface area contributed by atoms with Crippen LogP contribution in [0.25, 0.3) is 10.9 Å². The summed E-state index contributed by atoms with van der Waals surface area (Å²) < 4.78 is 40.4. The molecule has 138 valence electrons. The summed E-state index contributed by atoms with van der Waals surface area (Å²) in [5, 5.41) is 0.959. The molecular weight excluding hydrogens is 352 g/mol. The van der Waals surface area contributed by atoms with Crippen molar-refractivity contribution >= 4 is 20.9 Å². The number of ether oxygens (including phenoxy) is 2. The molecule has 0 fully saturated rings. The summed E-state index contributed by atoms with van der Waals surface area (Å²) in [6.07, 6.45) is 1.92. The number of sulfonamides is 1. The molecule has 7 heteroatoms. The Morgan fingerprint density at radius 2 is 1.85 bits per heavy atom. The quantitative estimate of drug-likeness (QED) is 0.720. The maximum absolute atomic E-state index is 12.6. The predicted octanol–water partition coefficient (Wildman–Crippen LogP) is 2.98. The molecular formula is C19H22N2O4S. The van der Waals surface area contributed by atoms with E-state index in [1.165, 1.54) is 0 Å². The second kappa shape index (κ2) is 7.01. The molecule has 0 saturated carbocycles. The molecule has 0 spiro atoms. The molecule has 0 aliphatic heterocycles. The van der Waals surface area contributed by atoms with Gasteiger partial charge in [0, 0.05) is 30.7 Å². The van der Waals surface area contributed by atoms with Crippen molar-refractivity contribution < 1.29 is 17.9 Å². The zero-order chi connectivity index (χ0) is 18.9. The van der Waals surface area contributed by atoms with Crippen LogP contribution in [0.5, 0.6) is 11.5 Å². The van der Waals surface area contributed by atoms with E-state index in [0.717, 1.165) is 27.8 Å². The third-order valence-electron chi connectivity index (χ3n) is 4.41. The maximum atomic E-state index is 12.6. The van der Waals surface area contributed by atoms with E-state index in [0.29, 0.717) is 5.75 Å². The van der Waals surface area contributed by atoms with E-state index in [1.807, 2.05) is 42.9 Å². The van der Waals surface area contributed by atoms with Crippen molar-refractivity contribution in [2.24, 2.45) is 7.05 Å². The zero-order valence-corrected chi connectivity index (χ0v) is 16.1. The van der Waals surface area contributed by atoms with Crippen molar-refractivity contribution in [3.63, 3.8) is 0 Å². The number of aryl methyl sites for hydroxylation is 2. The molecule has 1 aromatic heterocycles. The fraction of sp³-hybridized carbons (Fsp3) is 0.263. The largest absolute Gasteiger partial charge is 0.497 e. The summed E-state index contributed by atoms with van der Waals surface area (Å²) >= 11 is 0. The van der Waals surface area contributed by atoms with Crippen molar-refractivity contribution in [2.45, 2.75) is 18.4 Å². The highest BCUT2D eigenvalue weighted by molar-refractivity contribution is 7.89. The third kappa shape index (κ3) is 3.40. The van der Waals surface area contributed by atoms with Gasteiger partial charge in [0.2, 0.25) is 10.0 Å². The number of fused-ring (bicyclic) bond motifs is 1. The van der Waals surface area contributed by atoms with Crippen molar-refractivity contribution in [3.8, 4) is 11.5 Å². The Balaban J connectivity index is 1.88. The molecule has 0 aliphatic carbocycles. The fourth-order valence-corrected chi connectivity index (χ4v) is 4.09. The van der Waals surface area contributed by atoms with Gasteiger partial charge < -0.3 is 14.0 Å². The minimum atomic E-state index is -3.63. The van der Waals surface area contributed by atoms with Gasteiger partial charge in [0.15, 0.2) is 0 Å². The molecule has 1 heterocycles. The Hall–Kier alpha value is -2.51. The molecule has 0 saturated heterocycles. The van der Waals surface area contributed by atoms with E-state index in [1.54, 1.807) is 32.4 Å². The Morgan fingerprint density at radius 3 is 2.50 bits per heavy atom. The van der Waals surface area contributed by atoms with Gasteiger partial charge in [-0.15, -0.1) is 0 Å². The number of hydrogen-bond donors (Lipinski definition) is 1. The van der Waals surface area contributed by atoms with Crippen molar-refractivity contribution in [1.82, 2.24) is 9.29 Å². The molecule has 0 radical (unpaired) electrons. The van der Waals surface area contributed by atoms with Gasteiger partial charge in [-0.25, -0.2) is 13.1 Å². The number of nitrogens with zero attached hydrogens (tertiary/aromatic N) is 1. The summed E-state index contributed by atoms with van der Waals surface area (Å²) in [6, 6.07) is 10.6. The first-order valence-corrected chi connectivity index (χ1v) is 9.60. The minimum Gasteiger partial charge on any atom is -0.497 e. The second-order valence-electron chi connectivity index (χ2n) is 6.10. The molecule has 0 unspecified atom stereocenters. The molecule has 3 aromatic rings. The van der Waals surface area contributed by atoms with Crippen LogP contribution in [0.15, 0.2) is 47.5 Å². The molecule has 0 atom stereocenters. The van der Waals surface area contributed by atoms with E-state index in [2.05, 4.69) is 4.72 Å². The van der Waals surface area contributed by atoms with Crippen LogP contribution < -0.4 is 14.2 Å². The van der Waals surface area contributed by atoms with Gasteiger partial charge >= 0.3 is 0 Å². The summed E-state index contributed by atoms with van der Waals surface area (Å²) in [7, 11) is 1.47. The van der Waals surface area contributed by atoms with E-state index in [-0.39, 0.29) is 11.4 Å². The third-order valence-corrected chi connectivity index (χ3v) is 5.81. The standard InChI is InChI=1S/C19H22N2O4S/c1-13-9-16(6-8-19(13)25-4)26(22,23)20-11-14-12-21(2)18-7-5-15(24-3)10-17(14)18/h5-10,12,20H,11H2,1-4H3. The predicted molar refractivity (Wildman–Crippen MR) is 101 cm³/mol. The lowest BCUT2D eigenvalue weighted by atomic mass is 10.1. The number of rotatable bonds is 6. The number of benzene rings is 2. The van der Waals surface area contributed by atoms with Crippen LogP contribution in [0.2, 0.25) is 0 Å². The van der Waals surface area contributed by atoms with Crippen LogP contribution in [0.1, 0.15) is 11.1 Å². The molecule has 0 bridgehead atoms. The molecule has 2 aromatic carbocycles. The van der Waals surface area contributed by atoms with Crippen LogP contribution in [0, 0.1) is 6.92 Å². The van der Waals surface area contributed by atoms with Gasteiger partial charge in [-0.05, 0) is 54.4 Å². The smallest absolute Gasteiger partial charge is 0.240 e. The normalized spacial score (nSPS) is 11.7. The lowest BCUT2D eigenvalue weighted by molar-refractivity contribution is 0.411. The minimum absolute atomic E-state index is 0.192. The van der Waals surface area contributed by atoms with Crippen LogP contribution in [0.4, 0.5) is 0 Å². The lowest BCUT2D eigenvalue weighted by Gasteiger charge is -2.09. The van der Waals surface area contributed by atoms with E-state index in [4.69, 9.17) is 9.47 Å². The Morgan fingerprint density at radius 1 is 1.08 bits per heavy atom. The van der Waals surface area contributed by atoms with Crippen molar-refractivity contribution in [1.29, 1.82) is 0 Å². The van der Waals surface area contributed by atoms with Crippen LogP contribution >= 0.6 is 0 Å². The highest BCUT2D eigenvalue weighted by atomic mass is 32.2. The summed E-state index contributed by atoms with van der Waals surface area (Å²) in [5.41, 5.74) is 2.67. The van der Waals surface area contributed by atoms with Crippen molar-refractivity contribution in [3.05, 3.63) is 53.7 Å². The Kier molecular flexibility index (Phi) is 4.93. The number of hydrogen-bond acceptors (Lipinski definition) is 4. The van der Waals surface area contributed by atoms with Crippen LogP contribution in [0.3, 0.4) is 0 Å². The molecule has 1 N–H and O–H groups in total. The number of methoxy groups -OCH3 is 2. The maximum Gasteiger partial charge on any atom is 0.240 e. The highest BCUT2D eigenvalue weighted by Crippen LogP contribution is 2.26. The molecule has 3 rings (SSSR count). The molecule has 0 aliphatic rings. The first kappa shape index (κ1) is 18.3. The van der Waals surface area contributed by atoms with E-state index < -0.39 is 10.0 Å². The van der Waals surface area contributed by atoms with Gasteiger partial charge in [0.1, 0.15) is 11.5 Å². The monoisotopic (exact) mass is 374 g/mol. The number of aromatic nitrogens is 1. The lowest BCUT2D eigenvalue weighted by Crippen LogP contribution is -2.23. The average Bonchev–Trinajstić information content (AvgIpc) is 2.95. The van der Waals surface area contributed by atoms with E-state index >= 15 is 0 Å². The molecule has 26 heavy (non-hydrogen) atoms. The summed E-state index contributed by atoms with van der Waals surface area (Å²) in [5.74, 6) is 1.39. The van der Waals surface area contributed by atoms with Gasteiger partial charge in [-0.3, -0.25) is 0 Å². The van der Waals surface area contributed by atoms with Gasteiger partial charge in [-0.1, -0.05) is 0 Å². The fourth-order valence-electron chi connectivity index (χ4n) is 2.99. The van der Waals surface area contributed by atoms with Gasteiger partial charge in [0.25, 0.3) is 0 Å². The van der Waals surface area contributed by atoms with Crippen LogP contribution in [-0.4, -0.2) is 27.2 Å². The average molecular weight is 374 g/mol. The topological polar surface area (TPSA) is 69.6 Å². The van der Waals surface area contributed by atoms with Crippen molar-refractivity contribution in [2.75, 3.05) is 14.2 Å². The zero-order valence-electron chi connectivity index (χ0n) is 15.2. The van der Waals surface area contributed by atoms with Gasteiger partial charge in [0.05, 0.1) is 19.1 Å². The Bertz CT molecular complexity index is 1050. The SMILES string of the molecule is COc1ccc2c(c1)c(CNS(=O)(=O)c1ccc(OC)c(C)c1)cn2C. The number of nitrogens with one attached hydrogen (secondary N) is 1. The second-order valence-corrected chi connectivity index (χ2v) is 7.87. The first-order valence-electron chi connectivity index (χ1n) is 8.12. The highest BCUT2D eigenvalue weighted by Gasteiger charge is 2.17. The molecule has 0 amide bonds. The van der Waals surface area contributed by atoms with E-state index in [9.17, 15) is 8.42 Å². The summed E-state index contributed by atoms with van der Waals surface area (Å²) in [6.45, 7) is 2.01. The molecule has 6 nitrogen and oxygen atoms in total. The van der Waals surface area contributed by atoms with Gasteiger partial charge in [-0.2, -0.15) is 0 Å². The Labute approximate surface area is 153 Å². The van der Waals surface area contributed by atoms with Crippen LogP contribution in [-0.2, 0) is 23.6 Å². The summed E-state index contributed by atoms with van der Waals surface area (Å²) in [4.78, 5) is 0.216.